The predicted octanol–water partition coefficient (Wildman–Crippen LogP) is 1.44. The Kier molecular flexibility index (Phi) is 5.82. The van der Waals surface area contributed by atoms with Crippen molar-refractivity contribution in [3.05, 3.63) is 34.9 Å². The number of likely N-dealkylation sites (tertiary alicyclic amines) is 1. The number of carbonyl (C=O) groups is 4. The molecule has 4 amide bonds. The molecule has 3 atom stereocenters. The highest BCUT2D eigenvalue weighted by atomic mass is 16.2. The number of amides is 4. The zero-order valence-corrected chi connectivity index (χ0v) is 18.3. The average Bonchev–Trinajstić information content (AvgIpc) is 3.06. The zero-order chi connectivity index (χ0) is 22.2. The lowest BCUT2D eigenvalue weighted by molar-refractivity contribution is -0.136. The van der Waals surface area contributed by atoms with Crippen LogP contribution in [0.3, 0.4) is 0 Å². The molecule has 3 saturated heterocycles. The van der Waals surface area contributed by atoms with E-state index >= 15 is 0 Å². The lowest BCUT2D eigenvalue weighted by atomic mass is 9.86. The molecule has 32 heavy (non-hydrogen) atoms. The van der Waals surface area contributed by atoms with Crippen molar-refractivity contribution in [1.29, 1.82) is 0 Å². The van der Waals surface area contributed by atoms with Gasteiger partial charge >= 0.3 is 0 Å². The van der Waals surface area contributed by atoms with Crippen LogP contribution in [0.2, 0.25) is 0 Å². The first kappa shape index (κ1) is 21.3. The van der Waals surface area contributed by atoms with Gasteiger partial charge in [-0.05, 0) is 62.7 Å². The summed E-state index contributed by atoms with van der Waals surface area (Å²) in [4.78, 5) is 53.7. The van der Waals surface area contributed by atoms with Crippen LogP contribution in [-0.2, 0) is 16.1 Å². The number of rotatable bonds is 4. The minimum atomic E-state index is -0.926. The number of nitrogens with one attached hydrogen (secondary N) is 2. The minimum Gasteiger partial charge on any atom is -0.314 e. The van der Waals surface area contributed by atoms with Gasteiger partial charge in [-0.1, -0.05) is 18.6 Å². The van der Waals surface area contributed by atoms with Gasteiger partial charge in [-0.15, -0.1) is 0 Å². The molecule has 4 aliphatic heterocycles. The fraction of sp³-hybridized carbons (Fsp3) is 0.583. The summed E-state index contributed by atoms with van der Waals surface area (Å²) in [6.45, 7) is 3.68. The zero-order valence-electron chi connectivity index (χ0n) is 18.3. The van der Waals surface area contributed by atoms with E-state index in [-0.39, 0.29) is 18.7 Å². The number of piperidine rings is 3. The van der Waals surface area contributed by atoms with Crippen molar-refractivity contribution in [2.45, 2.75) is 63.6 Å². The minimum absolute atomic E-state index is 0.126. The topological polar surface area (TPSA) is 98.8 Å². The third-order valence-electron chi connectivity index (χ3n) is 7.41. The molecule has 5 rings (SSSR count). The largest absolute Gasteiger partial charge is 0.314 e. The third kappa shape index (κ3) is 3.86. The van der Waals surface area contributed by atoms with Gasteiger partial charge < -0.3 is 5.32 Å². The Morgan fingerprint density at radius 2 is 1.84 bits per heavy atom. The number of benzene rings is 1. The average molecular weight is 439 g/mol. The van der Waals surface area contributed by atoms with Gasteiger partial charge in [0.2, 0.25) is 11.8 Å². The van der Waals surface area contributed by atoms with E-state index in [9.17, 15) is 19.2 Å². The van der Waals surface area contributed by atoms with Gasteiger partial charge in [-0.2, -0.15) is 0 Å². The first-order chi connectivity index (χ1) is 15.5. The third-order valence-corrected chi connectivity index (χ3v) is 7.41. The molecule has 0 bridgehead atoms. The van der Waals surface area contributed by atoms with Gasteiger partial charge in [0.1, 0.15) is 6.04 Å². The van der Waals surface area contributed by atoms with E-state index in [1.165, 1.54) is 25.7 Å². The monoisotopic (exact) mass is 438 g/mol. The van der Waals surface area contributed by atoms with Gasteiger partial charge in [0.15, 0.2) is 0 Å². The Bertz CT molecular complexity index is 955. The van der Waals surface area contributed by atoms with Gasteiger partial charge in [-0.25, -0.2) is 0 Å². The molecule has 0 aromatic heterocycles. The molecule has 0 spiro atoms. The molecule has 3 fully saturated rings. The predicted molar refractivity (Wildman–Crippen MR) is 117 cm³/mol. The Morgan fingerprint density at radius 1 is 0.969 bits per heavy atom. The molecular formula is C24H30N4O4. The fourth-order valence-corrected chi connectivity index (χ4v) is 5.80. The van der Waals surface area contributed by atoms with Crippen molar-refractivity contribution in [3.63, 3.8) is 0 Å². The van der Waals surface area contributed by atoms with E-state index in [4.69, 9.17) is 0 Å². The Labute approximate surface area is 187 Å². The highest BCUT2D eigenvalue weighted by Crippen LogP contribution is 2.32. The molecule has 4 heterocycles. The van der Waals surface area contributed by atoms with Crippen LogP contribution in [0.15, 0.2) is 18.2 Å². The van der Waals surface area contributed by atoms with Crippen molar-refractivity contribution in [1.82, 2.24) is 20.4 Å². The molecule has 1 aromatic rings. The molecule has 4 aliphatic rings. The highest BCUT2D eigenvalue weighted by Gasteiger charge is 2.45. The lowest BCUT2D eigenvalue weighted by Gasteiger charge is -2.39. The fourth-order valence-electron chi connectivity index (χ4n) is 5.80. The summed E-state index contributed by atoms with van der Waals surface area (Å²) in [5.74, 6) is -1.19. The first-order valence-electron chi connectivity index (χ1n) is 11.8. The Morgan fingerprint density at radius 3 is 2.62 bits per heavy atom. The van der Waals surface area contributed by atoms with Crippen LogP contribution in [-0.4, -0.2) is 65.1 Å². The van der Waals surface area contributed by atoms with Gasteiger partial charge in [0.25, 0.3) is 11.8 Å². The molecule has 8 nitrogen and oxygen atoms in total. The Hall–Kier alpha value is -2.58. The van der Waals surface area contributed by atoms with E-state index in [0.29, 0.717) is 29.6 Å². The van der Waals surface area contributed by atoms with Crippen molar-refractivity contribution in [3.8, 4) is 0 Å². The van der Waals surface area contributed by atoms with E-state index in [1.54, 1.807) is 6.07 Å². The van der Waals surface area contributed by atoms with Crippen LogP contribution in [0.4, 0.5) is 0 Å². The molecule has 3 unspecified atom stereocenters. The Balaban J connectivity index is 1.34. The van der Waals surface area contributed by atoms with Crippen LogP contribution in [0.25, 0.3) is 0 Å². The van der Waals surface area contributed by atoms with Crippen molar-refractivity contribution in [2.24, 2.45) is 5.92 Å². The summed E-state index contributed by atoms with van der Waals surface area (Å²) in [5, 5.41) is 5.94. The number of imide groups is 2. The molecular weight excluding hydrogens is 408 g/mol. The van der Waals surface area contributed by atoms with E-state index in [0.717, 1.165) is 36.5 Å². The van der Waals surface area contributed by atoms with Crippen molar-refractivity contribution in [2.75, 3.05) is 19.6 Å². The summed E-state index contributed by atoms with van der Waals surface area (Å²) in [6, 6.07) is 5.04. The summed E-state index contributed by atoms with van der Waals surface area (Å²) in [6.07, 6.45) is 6.42. The molecule has 8 heteroatoms. The maximum atomic E-state index is 13.3. The van der Waals surface area contributed by atoms with Crippen molar-refractivity contribution >= 4 is 23.6 Å². The maximum Gasteiger partial charge on any atom is 0.262 e. The van der Waals surface area contributed by atoms with Crippen molar-refractivity contribution < 1.29 is 19.2 Å². The van der Waals surface area contributed by atoms with Gasteiger partial charge in [-0.3, -0.25) is 34.3 Å². The quantitative estimate of drug-likeness (QED) is 0.691. The molecule has 0 saturated carbocycles. The lowest BCUT2D eigenvalue weighted by Crippen LogP contribution is -2.54. The second-order valence-electron chi connectivity index (χ2n) is 9.48. The van der Waals surface area contributed by atoms with Crippen LogP contribution in [0, 0.1) is 5.92 Å². The molecule has 1 aromatic carbocycles. The standard InChI is InChI=1S/C24H30N4O4/c29-20-10-9-19(22(30)26-20)28-23(31)17-7-3-5-16(21(17)24(28)32)14-27-12-4-6-15(13-27)18-8-1-2-11-25-18/h3,5,7,15,18-19,25H,1-2,4,6,8-14H2,(H,26,29,30). The maximum absolute atomic E-state index is 13.3. The summed E-state index contributed by atoms with van der Waals surface area (Å²) in [7, 11) is 0. The molecule has 2 N–H and O–H groups in total. The number of nitrogens with zero attached hydrogens (tertiary/aromatic N) is 2. The summed E-state index contributed by atoms with van der Waals surface area (Å²) < 4.78 is 0. The normalized spacial score (nSPS) is 29.2. The second kappa shape index (κ2) is 8.75. The van der Waals surface area contributed by atoms with E-state index in [1.807, 2.05) is 12.1 Å². The SMILES string of the molecule is O=C1CCC(N2C(=O)c3cccc(CN4CCCC(C5CCCCN5)C4)c3C2=O)C(=O)N1. The van der Waals surface area contributed by atoms with Crippen LogP contribution in [0.5, 0.6) is 0 Å². The molecule has 170 valence electrons. The van der Waals surface area contributed by atoms with E-state index < -0.39 is 23.8 Å². The van der Waals surface area contributed by atoms with Crippen LogP contribution >= 0.6 is 0 Å². The molecule has 0 aliphatic carbocycles. The molecule has 0 radical (unpaired) electrons. The van der Waals surface area contributed by atoms with Gasteiger partial charge in [0.05, 0.1) is 11.1 Å². The number of hydrogen-bond donors (Lipinski definition) is 2. The van der Waals surface area contributed by atoms with E-state index in [2.05, 4.69) is 15.5 Å². The number of fused-ring (bicyclic) bond motifs is 1. The number of hydrogen-bond acceptors (Lipinski definition) is 6. The smallest absolute Gasteiger partial charge is 0.262 e. The van der Waals surface area contributed by atoms with Crippen LogP contribution < -0.4 is 10.6 Å². The summed E-state index contributed by atoms with van der Waals surface area (Å²) >= 11 is 0. The number of carbonyl (C=O) groups excluding carboxylic acids is 4. The highest BCUT2D eigenvalue weighted by molar-refractivity contribution is 6.24. The summed E-state index contributed by atoms with van der Waals surface area (Å²) in [5.41, 5.74) is 1.62. The van der Waals surface area contributed by atoms with Crippen LogP contribution in [0.1, 0.15) is 71.2 Å². The second-order valence-corrected chi connectivity index (χ2v) is 9.48. The first-order valence-corrected chi connectivity index (χ1v) is 11.8. The van der Waals surface area contributed by atoms with Gasteiger partial charge in [0, 0.05) is 25.6 Å².